The minimum absolute atomic E-state index is 0.0697. The number of rotatable bonds is 41. The van der Waals surface area contributed by atoms with Crippen LogP contribution in [0.25, 0.3) is 0 Å². The lowest BCUT2D eigenvalue weighted by atomic mass is 9.88. The van der Waals surface area contributed by atoms with E-state index < -0.39 is 50.8 Å². The van der Waals surface area contributed by atoms with Crippen LogP contribution in [0.4, 0.5) is 0 Å². The first-order valence-corrected chi connectivity index (χ1v) is 26.6. The maximum atomic E-state index is 12.8. The van der Waals surface area contributed by atoms with E-state index in [9.17, 15) is 34.4 Å². The third-order valence-electron chi connectivity index (χ3n) is 11.7. The third kappa shape index (κ3) is 34.2. The third-order valence-corrected chi connectivity index (χ3v) is 12.6. The molecule has 372 valence electrons. The van der Waals surface area contributed by atoms with Crippen molar-refractivity contribution in [3.63, 3.8) is 0 Å². The molecule has 0 aliphatic heterocycles. The molecule has 1 saturated carbocycles. The minimum Gasteiger partial charge on any atom is -0.756 e. The van der Waals surface area contributed by atoms with Crippen molar-refractivity contribution in [1.29, 1.82) is 0 Å². The van der Waals surface area contributed by atoms with Crippen molar-refractivity contribution in [3.05, 3.63) is 48.6 Å². The largest absolute Gasteiger partial charge is 0.756 e. The van der Waals surface area contributed by atoms with Crippen molar-refractivity contribution >= 4 is 19.8 Å². The first-order valence-electron chi connectivity index (χ1n) is 25.1. The number of aliphatic hydroxyl groups is 3. The molecule has 0 aromatic carbocycles. The Balaban J connectivity index is 2.42. The SMILES string of the molecule is CCCCCC/C=C\C/C=C\C/C=C\CCCCCCCCC(=O)O[C@H](COC(=O)CCCCCC[C@@H]1[C@@H](/C=C/[C@@H](O)CCCCC)[C@H](O)C[C@@H]1O)COP(=O)([O-])OCC[N+](C)(C)C. The summed E-state index contributed by atoms with van der Waals surface area (Å²) in [6.07, 6.45) is 37.7. The molecule has 1 fully saturated rings. The summed E-state index contributed by atoms with van der Waals surface area (Å²) in [6, 6.07) is 0. The van der Waals surface area contributed by atoms with Crippen LogP contribution >= 0.6 is 7.82 Å². The quantitative estimate of drug-likeness (QED) is 0.0175. The van der Waals surface area contributed by atoms with Crippen LogP contribution in [0.3, 0.4) is 0 Å². The molecule has 64 heavy (non-hydrogen) atoms. The van der Waals surface area contributed by atoms with E-state index in [0.717, 1.165) is 96.3 Å². The van der Waals surface area contributed by atoms with Crippen molar-refractivity contribution in [2.45, 2.75) is 205 Å². The van der Waals surface area contributed by atoms with Gasteiger partial charge in [0.25, 0.3) is 7.82 Å². The maximum absolute atomic E-state index is 12.8. The first-order chi connectivity index (χ1) is 30.7. The van der Waals surface area contributed by atoms with Crippen LogP contribution in [0.2, 0.25) is 0 Å². The highest BCUT2D eigenvalue weighted by Crippen LogP contribution is 2.39. The van der Waals surface area contributed by atoms with E-state index in [0.29, 0.717) is 36.7 Å². The molecule has 7 atom stereocenters. The molecule has 3 N–H and O–H groups in total. The molecule has 0 amide bonds. The molecule has 1 aliphatic rings. The van der Waals surface area contributed by atoms with Crippen LogP contribution in [0, 0.1) is 11.8 Å². The second-order valence-corrected chi connectivity index (χ2v) is 20.2. The molecule has 0 radical (unpaired) electrons. The lowest BCUT2D eigenvalue weighted by molar-refractivity contribution is -0.870. The number of unbranched alkanes of at least 4 members (excludes halogenated alkanes) is 15. The Bertz CT molecular complexity index is 1350. The summed E-state index contributed by atoms with van der Waals surface area (Å²) in [5.74, 6) is -1.27. The van der Waals surface area contributed by atoms with Crippen molar-refractivity contribution < 1.29 is 57.4 Å². The van der Waals surface area contributed by atoms with Crippen LogP contribution < -0.4 is 4.89 Å². The van der Waals surface area contributed by atoms with Crippen molar-refractivity contribution in [2.75, 3.05) is 47.5 Å². The summed E-state index contributed by atoms with van der Waals surface area (Å²) >= 11 is 0. The van der Waals surface area contributed by atoms with Gasteiger partial charge in [-0.15, -0.1) is 0 Å². The van der Waals surface area contributed by atoms with Gasteiger partial charge < -0.3 is 43.2 Å². The minimum atomic E-state index is -4.69. The van der Waals surface area contributed by atoms with Crippen molar-refractivity contribution in [2.24, 2.45) is 11.8 Å². The average molecular weight is 926 g/mol. The van der Waals surface area contributed by atoms with Gasteiger partial charge in [-0.25, -0.2) is 0 Å². The van der Waals surface area contributed by atoms with Gasteiger partial charge in [0, 0.05) is 25.2 Å². The Morgan fingerprint density at radius 3 is 1.88 bits per heavy atom. The molecule has 1 unspecified atom stereocenters. The second kappa shape index (κ2) is 37.9. The summed E-state index contributed by atoms with van der Waals surface area (Å²) in [5, 5.41) is 31.5. The topological polar surface area (TPSA) is 172 Å². The predicted octanol–water partition coefficient (Wildman–Crippen LogP) is 10.4. The fraction of sp³-hybridized carbons (Fsp3) is 0.804. The summed E-state index contributed by atoms with van der Waals surface area (Å²) in [6.45, 7) is 3.86. The van der Waals surface area contributed by atoms with Gasteiger partial charge in [0.2, 0.25) is 0 Å². The maximum Gasteiger partial charge on any atom is 0.306 e. The number of quaternary nitrogens is 1. The number of esters is 2. The van der Waals surface area contributed by atoms with E-state index >= 15 is 0 Å². The lowest BCUT2D eigenvalue weighted by Crippen LogP contribution is -2.37. The Hall–Kier alpha value is -2.15. The number of aliphatic hydroxyl groups excluding tert-OH is 3. The molecule has 0 aromatic rings. The molecule has 12 nitrogen and oxygen atoms in total. The summed E-state index contributed by atoms with van der Waals surface area (Å²) in [7, 11) is 1.03. The number of ether oxygens (including phenoxy) is 2. The van der Waals surface area contributed by atoms with Crippen LogP contribution in [0.1, 0.15) is 181 Å². The van der Waals surface area contributed by atoms with E-state index in [-0.39, 0.29) is 37.9 Å². The standard InChI is InChI=1S/C51H92NO11P/c1-6-8-10-11-12-13-14-15-16-17-18-19-20-21-22-23-24-25-26-32-36-51(57)63-45(43-62-64(58,59)61-40-39-52(3,4)5)42-60-50(56)35-31-28-27-30-34-46-47(49(55)41-48(46)54)38-37-44(53)33-29-9-7-2/h13-14,16-17,19-20,37-38,44-49,53-55H,6-12,15,18,21-36,39-43H2,1-5H3/b14-13-,17-16-,20-19-,38-37+/t44-,45+,46+,47+,48-,49+/m0/s1. The summed E-state index contributed by atoms with van der Waals surface area (Å²) < 4.78 is 34.0. The normalized spacial score (nSPS) is 20.2. The highest BCUT2D eigenvalue weighted by Gasteiger charge is 2.39. The number of phosphoric acid groups is 1. The predicted molar refractivity (Wildman–Crippen MR) is 256 cm³/mol. The van der Waals surface area contributed by atoms with E-state index in [1.165, 1.54) is 32.1 Å². The van der Waals surface area contributed by atoms with Gasteiger partial charge in [-0.3, -0.25) is 14.2 Å². The van der Waals surface area contributed by atoms with E-state index in [2.05, 4.69) is 50.3 Å². The number of allylic oxidation sites excluding steroid dienone is 6. The van der Waals surface area contributed by atoms with Gasteiger partial charge >= 0.3 is 11.9 Å². The van der Waals surface area contributed by atoms with E-state index in [4.69, 9.17) is 18.5 Å². The number of hydrogen-bond donors (Lipinski definition) is 3. The summed E-state index contributed by atoms with van der Waals surface area (Å²) in [5.41, 5.74) is 0. The number of nitrogens with zero attached hydrogens (tertiary/aromatic N) is 1. The van der Waals surface area contributed by atoms with Gasteiger partial charge in [0.05, 0.1) is 46.1 Å². The zero-order valence-corrected chi connectivity index (χ0v) is 41.7. The fourth-order valence-electron chi connectivity index (χ4n) is 7.70. The second-order valence-electron chi connectivity index (χ2n) is 18.8. The molecule has 13 heteroatoms. The van der Waals surface area contributed by atoms with Crippen molar-refractivity contribution in [1.82, 2.24) is 0 Å². The Kier molecular flexibility index (Phi) is 35.4. The van der Waals surface area contributed by atoms with Gasteiger partial charge in [0.15, 0.2) is 6.10 Å². The monoisotopic (exact) mass is 926 g/mol. The number of carbonyl (C=O) groups is 2. The van der Waals surface area contributed by atoms with Gasteiger partial charge in [-0.05, 0) is 70.1 Å². The smallest absolute Gasteiger partial charge is 0.306 e. The van der Waals surface area contributed by atoms with E-state index in [1.54, 1.807) is 6.08 Å². The molecule has 0 bridgehead atoms. The zero-order valence-electron chi connectivity index (χ0n) is 40.8. The Morgan fingerprint density at radius 1 is 0.703 bits per heavy atom. The number of carbonyl (C=O) groups excluding carboxylic acids is 2. The number of likely N-dealkylation sites (N-methyl/N-ethyl adjacent to an activating group) is 1. The Morgan fingerprint density at radius 2 is 1.25 bits per heavy atom. The molecule has 0 spiro atoms. The van der Waals surface area contributed by atoms with Crippen molar-refractivity contribution in [3.8, 4) is 0 Å². The lowest BCUT2D eigenvalue weighted by Gasteiger charge is -2.28. The molecule has 0 heterocycles. The molecular formula is C51H92NO11P. The van der Waals surface area contributed by atoms with Crippen LogP contribution in [0.15, 0.2) is 48.6 Å². The van der Waals surface area contributed by atoms with E-state index in [1.807, 2.05) is 27.2 Å². The summed E-state index contributed by atoms with van der Waals surface area (Å²) in [4.78, 5) is 37.9. The molecule has 1 aliphatic carbocycles. The highest BCUT2D eigenvalue weighted by molar-refractivity contribution is 7.45. The van der Waals surface area contributed by atoms with Crippen LogP contribution in [-0.4, -0.2) is 104 Å². The first kappa shape index (κ1) is 59.9. The van der Waals surface area contributed by atoms with Crippen LogP contribution in [0.5, 0.6) is 0 Å². The average Bonchev–Trinajstić information content (AvgIpc) is 3.51. The van der Waals surface area contributed by atoms with Gasteiger partial charge in [-0.1, -0.05) is 146 Å². The number of hydrogen-bond acceptors (Lipinski definition) is 11. The van der Waals surface area contributed by atoms with Gasteiger partial charge in [0.1, 0.15) is 19.8 Å². The molecule has 0 saturated heterocycles. The fourth-order valence-corrected chi connectivity index (χ4v) is 8.43. The number of phosphoric ester groups is 1. The van der Waals surface area contributed by atoms with Gasteiger partial charge in [-0.2, -0.15) is 0 Å². The zero-order chi connectivity index (χ0) is 47.3. The molecular weight excluding hydrogens is 834 g/mol. The molecule has 0 aromatic heterocycles. The Labute approximate surface area is 389 Å². The van der Waals surface area contributed by atoms with Crippen LogP contribution in [-0.2, 0) is 32.7 Å². The molecule has 1 rings (SSSR count). The highest BCUT2D eigenvalue weighted by atomic mass is 31.2.